The van der Waals surface area contributed by atoms with Gasteiger partial charge in [0, 0.05) is 24.7 Å². The number of hydrogen-bond acceptors (Lipinski definition) is 4. The lowest BCUT2D eigenvalue weighted by atomic mass is 10.1. The number of nitriles is 1. The van der Waals surface area contributed by atoms with Crippen LogP contribution in [0.3, 0.4) is 0 Å². The smallest absolute Gasteiger partial charge is 0.290 e. The lowest BCUT2D eigenvalue weighted by Gasteiger charge is -2.32. The van der Waals surface area contributed by atoms with Crippen molar-refractivity contribution < 1.29 is 9.18 Å². The zero-order valence-electron chi connectivity index (χ0n) is 17.4. The number of halogens is 1. The van der Waals surface area contributed by atoms with Crippen molar-refractivity contribution in [2.75, 3.05) is 6.54 Å². The van der Waals surface area contributed by atoms with Crippen LogP contribution in [0.2, 0.25) is 0 Å². The Kier molecular flexibility index (Phi) is 4.56. The summed E-state index contributed by atoms with van der Waals surface area (Å²) in [5.41, 5.74) is 2.49. The first-order valence-corrected chi connectivity index (χ1v) is 10.7. The minimum absolute atomic E-state index is 0.112. The van der Waals surface area contributed by atoms with Crippen LogP contribution in [0.25, 0.3) is 11.0 Å². The molecule has 1 heterocycles. The van der Waals surface area contributed by atoms with Crippen molar-refractivity contribution >= 4 is 16.9 Å². The largest absolute Gasteiger partial charge is 0.334 e. The van der Waals surface area contributed by atoms with Gasteiger partial charge in [0.1, 0.15) is 5.82 Å². The van der Waals surface area contributed by atoms with Crippen molar-refractivity contribution in [1.82, 2.24) is 20.2 Å². The zero-order valence-corrected chi connectivity index (χ0v) is 17.4. The van der Waals surface area contributed by atoms with Crippen LogP contribution in [0.5, 0.6) is 0 Å². The predicted octanol–water partition coefficient (Wildman–Crippen LogP) is 3.89. The molecule has 2 N–H and O–H groups in total. The normalized spacial score (nSPS) is 24.0. The molecule has 1 aromatic heterocycles. The number of hydrogen-bond donors (Lipinski definition) is 2. The van der Waals surface area contributed by atoms with Crippen LogP contribution in [0.15, 0.2) is 42.5 Å². The number of carbonyl (C=O) groups is 1. The molecule has 2 atom stereocenters. The Balaban J connectivity index is 1.38. The van der Waals surface area contributed by atoms with Gasteiger partial charge in [0.25, 0.3) is 5.91 Å². The van der Waals surface area contributed by atoms with Crippen molar-refractivity contribution in [3.8, 4) is 6.07 Å². The third-order valence-corrected chi connectivity index (χ3v) is 6.97. The first-order chi connectivity index (χ1) is 15.0. The highest BCUT2D eigenvalue weighted by atomic mass is 19.1. The summed E-state index contributed by atoms with van der Waals surface area (Å²) in [6, 6.07) is 14.1. The summed E-state index contributed by atoms with van der Waals surface area (Å²) in [5, 5.41) is 12.9. The number of nitrogens with zero attached hydrogens (tertiary/aromatic N) is 3. The summed E-state index contributed by atoms with van der Waals surface area (Å²) >= 11 is 0. The van der Waals surface area contributed by atoms with Crippen LogP contribution in [-0.4, -0.2) is 38.4 Å². The fourth-order valence-electron chi connectivity index (χ4n) is 5.46. The van der Waals surface area contributed by atoms with E-state index in [-0.39, 0.29) is 28.6 Å². The standard InChI is InChI=1S/C24H24FN5O/c1-2-30(22(31)21-28-19-8-7-18(25)12-20(19)29-21)24-10-4-9-23(24,15-24)27-14-17-6-3-5-16(11-17)13-26/h3,5-8,11-12,27H,2,4,9-10,14-15H2,1H3,(H,28,29)/t23-,24+/m0/s1. The second-order valence-electron chi connectivity index (χ2n) is 8.61. The summed E-state index contributed by atoms with van der Waals surface area (Å²) in [6.45, 7) is 3.23. The molecule has 3 aromatic rings. The molecule has 2 aromatic carbocycles. The van der Waals surface area contributed by atoms with Crippen LogP contribution in [0.4, 0.5) is 4.39 Å². The number of fused-ring (bicyclic) bond motifs is 2. The fraction of sp³-hybridized carbons (Fsp3) is 0.375. The first-order valence-electron chi connectivity index (χ1n) is 10.7. The number of H-pyrrole nitrogens is 1. The maximum Gasteiger partial charge on any atom is 0.290 e. The summed E-state index contributed by atoms with van der Waals surface area (Å²) in [4.78, 5) is 22.8. The minimum atomic E-state index is -0.370. The molecule has 6 nitrogen and oxygen atoms in total. The van der Waals surface area contributed by atoms with Gasteiger partial charge in [0.2, 0.25) is 0 Å². The van der Waals surface area contributed by atoms with E-state index >= 15 is 0 Å². The number of amides is 1. The van der Waals surface area contributed by atoms with Gasteiger partial charge >= 0.3 is 0 Å². The molecule has 0 radical (unpaired) electrons. The molecule has 158 valence electrons. The molecule has 31 heavy (non-hydrogen) atoms. The number of rotatable bonds is 6. The molecular formula is C24H24FN5O. The molecular weight excluding hydrogens is 393 g/mol. The molecule has 2 aliphatic rings. The highest BCUT2D eigenvalue weighted by Crippen LogP contribution is 2.63. The second kappa shape index (κ2) is 7.17. The lowest BCUT2D eigenvalue weighted by molar-refractivity contribution is 0.0625. The molecule has 1 amide bonds. The Morgan fingerprint density at radius 3 is 3.00 bits per heavy atom. The number of aromatic nitrogens is 2. The van der Waals surface area contributed by atoms with Crippen LogP contribution < -0.4 is 5.32 Å². The van der Waals surface area contributed by atoms with E-state index in [1.54, 1.807) is 12.1 Å². The zero-order chi connectivity index (χ0) is 21.6. The maximum absolute atomic E-state index is 13.5. The average molecular weight is 417 g/mol. The van der Waals surface area contributed by atoms with Crippen molar-refractivity contribution in [1.29, 1.82) is 5.26 Å². The van der Waals surface area contributed by atoms with E-state index in [2.05, 4.69) is 21.4 Å². The highest BCUT2D eigenvalue weighted by molar-refractivity contribution is 5.95. The van der Waals surface area contributed by atoms with Gasteiger partial charge in [0.15, 0.2) is 5.82 Å². The van der Waals surface area contributed by atoms with Gasteiger partial charge in [-0.1, -0.05) is 12.1 Å². The molecule has 0 unspecified atom stereocenters. The summed E-state index contributed by atoms with van der Waals surface area (Å²) in [5.74, 6) is -0.256. The van der Waals surface area contributed by atoms with Crippen molar-refractivity contribution in [2.24, 2.45) is 0 Å². The van der Waals surface area contributed by atoms with E-state index in [1.807, 2.05) is 30.0 Å². The highest BCUT2D eigenvalue weighted by Gasteiger charge is 2.73. The number of aromatic amines is 1. The Morgan fingerprint density at radius 1 is 1.32 bits per heavy atom. The van der Waals surface area contributed by atoms with Crippen LogP contribution in [0, 0.1) is 17.1 Å². The number of carbonyl (C=O) groups excluding carboxylic acids is 1. The average Bonchev–Trinajstić information content (AvgIpc) is 3.07. The Hall–Kier alpha value is -3.24. The van der Waals surface area contributed by atoms with E-state index < -0.39 is 0 Å². The predicted molar refractivity (Wildman–Crippen MR) is 115 cm³/mol. The maximum atomic E-state index is 13.5. The molecule has 7 heteroatoms. The van der Waals surface area contributed by atoms with Gasteiger partial charge in [-0.15, -0.1) is 0 Å². The SMILES string of the molecule is CCN(C(=O)c1nc2cc(F)ccc2[nH]1)[C@@]12CCC[C@]1(NCc1cccc(C#N)c1)C2. The van der Waals surface area contributed by atoms with E-state index in [1.165, 1.54) is 12.1 Å². The molecule has 0 saturated heterocycles. The number of likely N-dealkylation sites (N-methyl/N-ethyl adjacent to an activating group) is 1. The summed E-state index contributed by atoms with van der Waals surface area (Å²) < 4.78 is 13.5. The van der Waals surface area contributed by atoms with Crippen molar-refractivity contribution in [3.05, 3.63) is 65.2 Å². The molecule has 0 bridgehead atoms. The first kappa shape index (κ1) is 19.7. The Morgan fingerprint density at radius 2 is 2.19 bits per heavy atom. The van der Waals surface area contributed by atoms with Crippen LogP contribution >= 0.6 is 0 Å². The molecule has 0 aliphatic heterocycles. The third-order valence-electron chi connectivity index (χ3n) is 6.97. The van der Waals surface area contributed by atoms with E-state index in [4.69, 9.17) is 5.26 Å². The Labute approximate surface area is 180 Å². The molecule has 0 spiro atoms. The second-order valence-corrected chi connectivity index (χ2v) is 8.61. The van der Waals surface area contributed by atoms with Gasteiger partial charge in [-0.2, -0.15) is 5.26 Å². The molecule has 2 aliphatic carbocycles. The van der Waals surface area contributed by atoms with E-state index in [9.17, 15) is 9.18 Å². The summed E-state index contributed by atoms with van der Waals surface area (Å²) in [7, 11) is 0. The van der Waals surface area contributed by atoms with Gasteiger partial charge in [-0.05, 0) is 62.4 Å². The summed E-state index contributed by atoms with van der Waals surface area (Å²) in [6.07, 6.45) is 3.93. The minimum Gasteiger partial charge on any atom is -0.334 e. The fourth-order valence-corrected chi connectivity index (χ4v) is 5.46. The van der Waals surface area contributed by atoms with Crippen molar-refractivity contribution in [2.45, 2.75) is 50.2 Å². The van der Waals surface area contributed by atoms with Gasteiger partial charge in [0.05, 0.1) is 28.2 Å². The van der Waals surface area contributed by atoms with Crippen molar-refractivity contribution in [3.63, 3.8) is 0 Å². The number of nitrogens with one attached hydrogen (secondary N) is 2. The molecule has 2 saturated carbocycles. The molecule has 2 fully saturated rings. The topological polar surface area (TPSA) is 84.8 Å². The van der Waals surface area contributed by atoms with Gasteiger partial charge < -0.3 is 15.2 Å². The van der Waals surface area contributed by atoms with E-state index in [0.717, 1.165) is 31.2 Å². The lowest BCUT2D eigenvalue weighted by Crippen LogP contribution is -2.49. The number of benzene rings is 2. The van der Waals surface area contributed by atoms with Crippen LogP contribution in [0.1, 0.15) is 54.4 Å². The quantitative estimate of drug-likeness (QED) is 0.637. The Bertz CT molecular complexity index is 1210. The monoisotopic (exact) mass is 417 g/mol. The van der Waals surface area contributed by atoms with Crippen LogP contribution in [-0.2, 0) is 6.54 Å². The van der Waals surface area contributed by atoms with E-state index in [0.29, 0.717) is 29.7 Å². The van der Waals surface area contributed by atoms with Gasteiger partial charge in [-0.25, -0.2) is 9.37 Å². The third kappa shape index (κ3) is 3.10. The molecule has 5 rings (SSSR count). The number of imidazole rings is 1. The van der Waals surface area contributed by atoms with Gasteiger partial charge in [-0.3, -0.25) is 4.79 Å².